The first-order chi connectivity index (χ1) is 8.88. The van der Waals surface area contributed by atoms with Gasteiger partial charge in [0.1, 0.15) is 11.4 Å². The Labute approximate surface area is 109 Å². The number of carboxylic acids is 1. The number of nitrogens with zero attached hydrogens (tertiary/aromatic N) is 1. The van der Waals surface area contributed by atoms with E-state index < -0.39 is 22.8 Å². The number of hydrogen-bond acceptors (Lipinski definition) is 2. The minimum absolute atomic E-state index is 0.148. The molecular formula is C14H14FNO3. The lowest BCUT2D eigenvalue weighted by Gasteiger charge is -2.13. The number of aryl methyl sites for hydroxylation is 2. The maximum atomic E-state index is 14.3. The zero-order valence-electron chi connectivity index (χ0n) is 11.0. The van der Waals surface area contributed by atoms with E-state index in [1.807, 2.05) is 6.92 Å². The Morgan fingerprint density at radius 3 is 2.58 bits per heavy atom. The second-order valence-electron chi connectivity index (χ2n) is 4.49. The van der Waals surface area contributed by atoms with Crippen LogP contribution in [0.5, 0.6) is 0 Å². The number of aromatic nitrogens is 1. The van der Waals surface area contributed by atoms with Crippen LogP contribution in [0.1, 0.15) is 28.4 Å². The lowest BCUT2D eigenvalue weighted by atomic mass is 10.0. The SMILES string of the molecule is CCn1cc(C(=O)O)c(=O)c2c(F)c(C)c(C)cc21. The van der Waals surface area contributed by atoms with E-state index in [1.165, 1.54) is 6.20 Å². The molecule has 19 heavy (non-hydrogen) atoms. The molecule has 0 bridgehead atoms. The van der Waals surface area contributed by atoms with Crippen LogP contribution in [0.3, 0.4) is 0 Å². The highest BCUT2D eigenvalue weighted by Crippen LogP contribution is 2.22. The van der Waals surface area contributed by atoms with Gasteiger partial charge in [-0.1, -0.05) is 0 Å². The molecule has 5 heteroatoms. The number of carbonyl (C=O) groups is 1. The minimum atomic E-state index is -1.34. The molecule has 2 rings (SSSR count). The number of rotatable bonds is 2. The fraction of sp³-hybridized carbons (Fsp3) is 0.286. The van der Waals surface area contributed by atoms with Crippen molar-refractivity contribution in [3.8, 4) is 0 Å². The highest BCUT2D eigenvalue weighted by molar-refractivity contribution is 5.93. The van der Waals surface area contributed by atoms with Gasteiger partial charge >= 0.3 is 5.97 Å². The average Bonchev–Trinajstić information content (AvgIpc) is 2.35. The molecule has 0 amide bonds. The molecule has 1 aromatic heterocycles. The van der Waals surface area contributed by atoms with Crippen molar-refractivity contribution < 1.29 is 14.3 Å². The van der Waals surface area contributed by atoms with Crippen molar-refractivity contribution in [2.24, 2.45) is 0 Å². The number of carboxylic acid groups (broad SMARTS) is 1. The van der Waals surface area contributed by atoms with Gasteiger partial charge in [-0.15, -0.1) is 0 Å². The van der Waals surface area contributed by atoms with Gasteiger partial charge in [0.05, 0.1) is 10.9 Å². The molecule has 0 radical (unpaired) electrons. The maximum Gasteiger partial charge on any atom is 0.341 e. The largest absolute Gasteiger partial charge is 0.477 e. The van der Waals surface area contributed by atoms with Crippen molar-refractivity contribution >= 4 is 16.9 Å². The third-order valence-corrected chi connectivity index (χ3v) is 3.39. The van der Waals surface area contributed by atoms with Gasteiger partial charge in [0, 0.05) is 12.7 Å². The molecule has 0 atom stereocenters. The van der Waals surface area contributed by atoms with Crippen molar-refractivity contribution in [1.82, 2.24) is 4.57 Å². The van der Waals surface area contributed by atoms with Crippen LogP contribution in [0.15, 0.2) is 17.1 Å². The Morgan fingerprint density at radius 1 is 1.42 bits per heavy atom. The molecule has 1 aromatic carbocycles. The summed E-state index contributed by atoms with van der Waals surface area (Å²) >= 11 is 0. The van der Waals surface area contributed by atoms with Crippen LogP contribution in [0.25, 0.3) is 10.9 Å². The predicted molar refractivity (Wildman–Crippen MR) is 70.3 cm³/mol. The van der Waals surface area contributed by atoms with Gasteiger partial charge in [0.2, 0.25) is 5.43 Å². The topological polar surface area (TPSA) is 59.3 Å². The maximum absolute atomic E-state index is 14.3. The van der Waals surface area contributed by atoms with Crippen LogP contribution in [-0.2, 0) is 6.54 Å². The zero-order valence-corrected chi connectivity index (χ0v) is 11.0. The van der Waals surface area contributed by atoms with E-state index in [0.717, 1.165) is 5.56 Å². The van der Waals surface area contributed by atoms with Gasteiger partial charge < -0.3 is 9.67 Å². The van der Waals surface area contributed by atoms with Crippen LogP contribution in [-0.4, -0.2) is 15.6 Å². The van der Waals surface area contributed by atoms with Crippen molar-refractivity contribution in [2.75, 3.05) is 0 Å². The van der Waals surface area contributed by atoms with Gasteiger partial charge in [-0.2, -0.15) is 0 Å². The van der Waals surface area contributed by atoms with Crippen molar-refractivity contribution in [3.05, 3.63) is 45.0 Å². The van der Waals surface area contributed by atoms with E-state index in [4.69, 9.17) is 5.11 Å². The normalized spacial score (nSPS) is 10.9. The van der Waals surface area contributed by atoms with Crippen molar-refractivity contribution in [3.63, 3.8) is 0 Å². The first-order valence-electron chi connectivity index (χ1n) is 5.94. The summed E-state index contributed by atoms with van der Waals surface area (Å²) in [6, 6.07) is 1.71. The summed E-state index contributed by atoms with van der Waals surface area (Å²) in [4.78, 5) is 23.1. The number of aromatic carboxylic acids is 1. The molecule has 1 N–H and O–H groups in total. The number of fused-ring (bicyclic) bond motifs is 1. The van der Waals surface area contributed by atoms with Gasteiger partial charge in [0.25, 0.3) is 0 Å². The summed E-state index contributed by atoms with van der Waals surface area (Å²) in [5.41, 5.74) is 0.354. The standard InChI is InChI=1S/C14H14FNO3/c1-4-16-6-9(14(18)19)13(17)11-10(16)5-7(2)8(3)12(11)15/h5-6H,4H2,1-3H3,(H,18,19). The average molecular weight is 263 g/mol. The first-order valence-corrected chi connectivity index (χ1v) is 5.94. The van der Waals surface area contributed by atoms with Crippen LogP contribution >= 0.6 is 0 Å². The second kappa shape index (κ2) is 4.50. The summed E-state index contributed by atoms with van der Waals surface area (Å²) < 4.78 is 15.9. The monoisotopic (exact) mass is 263 g/mol. The molecule has 0 saturated heterocycles. The zero-order chi connectivity index (χ0) is 14.3. The second-order valence-corrected chi connectivity index (χ2v) is 4.49. The summed E-state index contributed by atoms with van der Waals surface area (Å²) in [5, 5.41) is 8.88. The van der Waals surface area contributed by atoms with Gasteiger partial charge in [-0.05, 0) is 38.0 Å². The third kappa shape index (κ3) is 1.91. The summed E-state index contributed by atoms with van der Waals surface area (Å²) in [5.74, 6) is -1.97. The molecule has 0 aliphatic carbocycles. The molecule has 0 aliphatic rings. The summed E-state index contributed by atoms with van der Waals surface area (Å²) in [6.45, 7) is 5.60. The smallest absolute Gasteiger partial charge is 0.341 e. The van der Waals surface area contributed by atoms with Gasteiger partial charge in [-0.3, -0.25) is 4.79 Å². The van der Waals surface area contributed by atoms with Crippen LogP contribution in [0.4, 0.5) is 4.39 Å². The van der Waals surface area contributed by atoms with Gasteiger partial charge in [-0.25, -0.2) is 9.18 Å². The Balaban J connectivity index is 3.09. The molecule has 4 nitrogen and oxygen atoms in total. The first kappa shape index (κ1) is 13.3. The van der Waals surface area contributed by atoms with E-state index in [2.05, 4.69) is 0 Å². The number of pyridine rings is 1. The molecular weight excluding hydrogens is 249 g/mol. The van der Waals surface area contributed by atoms with Crippen molar-refractivity contribution in [1.29, 1.82) is 0 Å². The van der Waals surface area contributed by atoms with Crippen molar-refractivity contribution in [2.45, 2.75) is 27.3 Å². The van der Waals surface area contributed by atoms with E-state index >= 15 is 0 Å². The molecule has 100 valence electrons. The fourth-order valence-corrected chi connectivity index (χ4v) is 2.13. The summed E-state index contributed by atoms with van der Waals surface area (Å²) in [7, 11) is 0. The molecule has 2 aromatic rings. The minimum Gasteiger partial charge on any atom is -0.477 e. The van der Waals surface area contributed by atoms with E-state index in [-0.39, 0.29) is 5.39 Å². The highest BCUT2D eigenvalue weighted by Gasteiger charge is 2.18. The van der Waals surface area contributed by atoms with Crippen LogP contribution < -0.4 is 5.43 Å². The van der Waals surface area contributed by atoms with E-state index in [1.54, 1.807) is 24.5 Å². The molecule has 1 heterocycles. The van der Waals surface area contributed by atoms with Gasteiger partial charge in [0.15, 0.2) is 0 Å². The van der Waals surface area contributed by atoms with E-state index in [0.29, 0.717) is 17.6 Å². The highest BCUT2D eigenvalue weighted by atomic mass is 19.1. The Morgan fingerprint density at radius 2 is 2.05 bits per heavy atom. The van der Waals surface area contributed by atoms with Crippen LogP contribution in [0.2, 0.25) is 0 Å². The quantitative estimate of drug-likeness (QED) is 0.905. The molecule has 0 saturated carbocycles. The molecule has 0 aliphatic heterocycles. The summed E-state index contributed by atoms with van der Waals surface area (Å²) in [6.07, 6.45) is 1.27. The lowest BCUT2D eigenvalue weighted by molar-refractivity contribution is 0.0695. The van der Waals surface area contributed by atoms with E-state index in [9.17, 15) is 14.0 Å². The Bertz CT molecular complexity index is 747. The van der Waals surface area contributed by atoms with Crippen LogP contribution in [0, 0.1) is 19.7 Å². The molecule has 0 unspecified atom stereocenters. The number of benzene rings is 1. The molecule has 0 fully saturated rings. The number of hydrogen-bond donors (Lipinski definition) is 1. The Hall–Kier alpha value is -2.17. The Kier molecular flexibility index (Phi) is 3.14. The predicted octanol–water partition coefficient (Wildman–Crippen LogP) is 2.48. The fourth-order valence-electron chi connectivity index (χ4n) is 2.13. The molecule has 0 spiro atoms. The third-order valence-electron chi connectivity index (χ3n) is 3.39. The lowest BCUT2D eigenvalue weighted by Crippen LogP contribution is -2.20. The number of halogens is 1.